The summed E-state index contributed by atoms with van der Waals surface area (Å²) in [6, 6.07) is 11.1. The summed E-state index contributed by atoms with van der Waals surface area (Å²) in [5, 5.41) is 9.31. The maximum Gasteiger partial charge on any atom is 0.263 e. The van der Waals surface area contributed by atoms with Crippen LogP contribution in [0.5, 0.6) is 0 Å². The molecule has 106 valence electrons. The van der Waals surface area contributed by atoms with Crippen molar-refractivity contribution in [2.75, 3.05) is 4.72 Å². The zero-order valence-corrected chi connectivity index (χ0v) is 12.5. The minimum atomic E-state index is -3.88. The molecule has 2 rings (SSSR count). The number of nitrogens with one attached hydrogen (secondary N) is 1. The average Bonchev–Trinajstić information content (AvgIpc) is 2.41. The van der Waals surface area contributed by atoms with Gasteiger partial charge >= 0.3 is 0 Å². The third kappa shape index (κ3) is 3.24. The van der Waals surface area contributed by atoms with E-state index in [0.29, 0.717) is 5.69 Å². The molecule has 0 fully saturated rings. The molecule has 0 unspecified atom stereocenters. The van der Waals surface area contributed by atoms with Gasteiger partial charge in [-0.2, -0.15) is 0 Å². The quantitative estimate of drug-likeness (QED) is 0.903. The molecule has 0 spiro atoms. The molecule has 0 aliphatic heterocycles. The van der Waals surface area contributed by atoms with Crippen molar-refractivity contribution in [1.82, 2.24) is 0 Å². The van der Waals surface area contributed by atoms with Crippen molar-refractivity contribution in [1.29, 1.82) is 0 Å². The SMILES string of the molecule is O=S(=O)(Nc1ccccc1)c1cc(Cl)cc(CO)c1Cl. The van der Waals surface area contributed by atoms with Gasteiger partial charge in [-0.3, -0.25) is 4.72 Å². The lowest BCUT2D eigenvalue weighted by Crippen LogP contribution is -2.14. The Bertz CT molecular complexity index is 718. The van der Waals surface area contributed by atoms with Crippen LogP contribution >= 0.6 is 23.2 Å². The number of rotatable bonds is 4. The summed E-state index contributed by atoms with van der Waals surface area (Å²) in [6.45, 7) is -0.396. The van der Waals surface area contributed by atoms with Crippen LogP contribution in [0.4, 0.5) is 5.69 Å². The van der Waals surface area contributed by atoms with Gasteiger partial charge in [0.05, 0.1) is 11.6 Å². The molecule has 2 aromatic carbocycles. The lowest BCUT2D eigenvalue weighted by atomic mass is 10.2. The summed E-state index contributed by atoms with van der Waals surface area (Å²) in [5.41, 5.74) is 0.668. The first kappa shape index (κ1) is 15.1. The number of halogens is 2. The molecule has 2 aromatic rings. The Hall–Kier alpha value is -1.27. The standard InChI is InChI=1S/C13H11Cl2NO3S/c14-10-6-9(8-17)13(15)12(7-10)20(18,19)16-11-4-2-1-3-5-11/h1-7,16-17H,8H2. The van der Waals surface area contributed by atoms with E-state index in [1.807, 2.05) is 0 Å². The van der Waals surface area contributed by atoms with Crippen molar-refractivity contribution in [3.05, 3.63) is 58.1 Å². The Morgan fingerprint density at radius 2 is 1.75 bits per heavy atom. The summed E-state index contributed by atoms with van der Waals surface area (Å²) in [6.07, 6.45) is 0. The molecule has 0 aromatic heterocycles. The van der Waals surface area contributed by atoms with E-state index in [1.165, 1.54) is 12.1 Å². The summed E-state index contributed by atoms with van der Waals surface area (Å²) in [7, 11) is -3.88. The van der Waals surface area contributed by atoms with Gasteiger partial charge in [-0.1, -0.05) is 41.4 Å². The fourth-order valence-electron chi connectivity index (χ4n) is 1.65. The van der Waals surface area contributed by atoms with E-state index in [0.717, 1.165) is 0 Å². The molecule has 0 heterocycles. The average molecular weight is 332 g/mol. The van der Waals surface area contributed by atoms with Gasteiger partial charge in [-0.25, -0.2) is 8.42 Å². The van der Waals surface area contributed by atoms with E-state index in [-0.39, 0.29) is 20.5 Å². The number of aliphatic hydroxyl groups excluding tert-OH is 1. The number of anilines is 1. The van der Waals surface area contributed by atoms with Crippen LogP contribution < -0.4 is 4.72 Å². The predicted molar refractivity (Wildman–Crippen MR) is 79.6 cm³/mol. The van der Waals surface area contributed by atoms with Gasteiger partial charge in [0.2, 0.25) is 0 Å². The fraction of sp³-hybridized carbons (Fsp3) is 0.0769. The molecular formula is C13H11Cl2NO3S. The lowest BCUT2D eigenvalue weighted by molar-refractivity contribution is 0.281. The Balaban J connectivity index is 2.47. The van der Waals surface area contributed by atoms with Crippen LogP contribution in [0.2, 0.25) is 10.0 Å². The highest BCUT2D eigenvalue weighted by Gasteiger charge is 2.21. The van der Waals surface area contributed by atoms with Gasteiger partial charge in [0.1, 0.15) is 4.90 Å². The van der Waals surface area contributed by atoms with E-state index in [9.17, 15) is 8.42 Å². The van der Waals surface area contributed by atoms with Gasteiger partial charge in [0, 0.05) is 10.7 Å². The number of aliphatic hydroxyl groups is 1. The summed E-state index contributed by atoms with van der Waals surface area (Å²) < 4.78 is 27.0. The summed E-state index contributed by atoms with van der Waals surface area (Å²) >= 11 is 11.8. The maximum atomic E-state index is 12.3. The maximum absolute atomic E-state index is 12.3. The minimum absolute atomic E-state index is 0.0414. The second-order valence-corrected chi connectivity index (χ2v) is 6.47. The smallest absolute Gasteiger partial charge is 0.263 e. The Morgan fingerprint density at radius 1 is 1.10 bits per heavy atom. The van der Waals surface area contributed by atoms with Crippen molar-refractivity contribution in [3.63, 3.8) is 0 Å². The number of hydrogen-bond donors (Lipinski definition) is 2. The van der Waals surface area contributed by atoms with Crippen molar-refractivity contribution < 1.29 is 13.5 Å². The zero-order valence-electron chi connectivity index (χ0n) is 10.2. The molecule has 20 heavy (non-hydrogen) atoms. The first-order valence-electron chi connectivity index (χ1n) is 5.60. The van der Waals surface area contributed by atoms with Crippen LogP contribution in [0.15, 0.2) is 47.4 Å². The molecule has 0 atom stereocenters. The second kappa shape index (κ2) is 6.01. The fourth-order valence-corrected chi connectivity index (χ4v) is 3.63. The first-order valence-corrected chi connectivity index (χ1v) is 7.84. The van der Waals surface area contributed by atoms with Gasteiger partial charge < -0.3 is 5.11 Å². The van der Waals surface area contributed by atoms with Gasteiger partial charge in [-0.05, 0) is 29.8 Å². The Morgan fingerprint density at radius 3 is 2.35 bits per heavy atom. The summed E-state index contributed by atoms with van der Waals surface area (Å²) in [4.78, 5) is -0.167. The molecular weight excluding hydrogens is 321 g/mol. The Kier molecular flexibility index (Phi) is 4.55. The largest absolute Gasteiger partial charge is 0.392 e. The van der Waals surface area contributed by atoms with E-state index in [1.54, 1.807) is 30.3 Å². The van der Waals surface area contributed by atoms with Crippen molar-refractivity contribution in [2.45, 2.75) is 11.5 Å². The molecule has 4 nitrogen and oxygen atoms in total. The number of sulfonamides is 1. The van der Waals surface area contributed by atoms with Gasteiger partial charge in [0.15, 0.2) is 0 Å². The number of hydrogen-bond acceptors (Lipinski definition) is 3. The van der Waals surface area contributed by atoms with E-state index in [2.05, 4.69) is 4.72 Å². The lowest BCUT2D eigenvalue weighted by Gasteiger charge is -2.12. The van der Waals surface area contributed by atoms with Crippen LogP contribution in [0.1, 0.15) is 5.56 Å². The highest BCUT2D eigenvalue weighted by atomic mass is 35.5. The van der Waals surface area contributed by atoms with Gasteiger partial charge in [0.25, 0.3) is 10.0 Å². The monoisotopic (exact) mass is 331 g/mol. The molecule has 0 saturated heterocycles. The first-order chi connectivity index (χ1) is 9.44. The molecule has 7 heteroatoms. The van der Waals surface area contributed by atoms with Gasteiger partial charge in [-0.15, -0.1) is 0 Å². The van der Waals surface area contributed by atoms with Crippen molar-refractivity contribution in [3.8, 4) is 0 Å². The molecule has 0 aliphatic carbocycles. The second-order valence-electron chi connectivity index (χ2n) is 4.01. The molecule has 0 bridgehead atoms. The van der Waals surface area contributed by atoms with Crippen LogP contribution in [-0.2, 0) is 16.6 Å². The van der Waals surface area contributed by atoms with Crippen LogP contribution in [0.3, 0.4) is 0 Å². The van der Waals surface area contributed by atoms with E-state index >= 15 is 0 Å². The molecule has 0 saturated carbocycles. The minimum Gasteiger partial charge on any atom is -0.392 e. The number of para-hydroxylation sites is 1. The molecule has 2 N–H and O–H groups in total. The summed E-state index contributed by atoms with van der Waals surface area (Å²) in [5.74, 6) is 0. The van der Waals surface area contributed by atoms with E-state index < -0.39 is 16.6 Å². The third-order valence-corrected chi connectivity index (χ3v) is 4.75. The molecule has 0 amide bonds. The normalized spacial score (nSPS) is 11.3. The highest BCUT2D eigenvalue weighted by Crippen LogP contribution is 2.30. The topological polar surface area (TPSA) is 66.4 Å². The molecule has 0 aliphatic rings. The number of benzene rings is 2. The van der Waals surface area contributed by atoms with Crippen LogP contribution in [0.25, 0.3) is 0 Å². The Labute approximate surface area is 127 Å². The third-order valence-electron chi connectivity index (χ3n) is 2.57. The van der Waals surface area contributed by atoms with E-state index in [4.69, 9.17) is 28.3 Å². The van der Waals surface area contributed by atoms with Crippen LogP contribution in [-0.4, -0.2) is 13.5 Å². The predicted octanol–water partition coefficient (Wildman–Crippen LogP) is 3.29. The van der Waals surface area contributed by atoms with Crippen molar-refractivity contribution in [2.24, 2.45) is 0 Å². The van der Waals surface area contributed by atoms with Crippen molar-refractivity contribution >= 4 is 38.9 Å². The zero-order chi connectivity index (χ0) is 14.8. The highest BCUT2D eigenvalue weighted by molar-refractivity contribution is 7.92. The van der Waals surface area contributed by atoms with Crippen LogP contribution in [0, 0.1) is 0 Å². The molecule has 0 radical (unpaired) electrons.